The molecule has 0 bridgehead atoms. The molecule has 0 radical (unpaired) electrons. The monoisotopic (exact) mass is 304 g/mol. The van der Waals surface area contributed by atoms with Crippen molar-refractivity contribution in [1.82, 2.24) is 15.0 Å². The Morgan fingerprint density at radius 2 is 1.95 bits per heavy atom. The molecule has 20 heavy (non-hydrogen) atoms. The SMILES string of the molecule is COCCN(CCC(=O)OC)c1nc(Cl)nc(OC)n1. The first kappa shape index (κ1) is 16.4. The number of carbonyl (C=O) groups is 1. The van der Waals surface area contributed by atoms with Gasteiger partial charge in [-0.05, 0) is 11.6 Å². The summed E-state index contributed by atoms with van der Waals surface area (Å²) in [5.74, 6) is 0.00216. The molecule has 1 heterocycles. The highest BCUT2D eigenvalue weighted by molar-refractivity contribution is 6.28. The number of rotatable bonds is 8. The van der Waals surface area contributed by atoms with Crippen LogP contribution in [0.25, 0.3) is 0 Å². The molecule has 0 saturated carbocycles. The van der Waals surface area contributed by atoms with Crippen LogP contribution >= 0.6 is 11.6 Å². The quantitative estimate of drug-likeness (QED) is 0.644. The topological polar surface area (TPSA) is 86.7 Å². The Balaban J connectivity index is 2.85. The molecule has 0 fully saturated rings. The Bertz CT molecular complexity index is 446. The summed E-state index contributed by atoms with van der Waals surface area (Å²) in [4.78, 5) is 24.9. The van der Waals surface area contributed by atoms with Gasteiger partial charge in [0.25, 0.3) is 0 Å². The normalized spacial score (nSPS) is 10.2. The summed E-state index contributed by atoms with van der Waals surface area (Å²) in [7, 11) is 4.35. The zero-order chi connectivity index (χ0) is 15.0. The minimum atomic E-state index is -0.320. The number of hydrogen-bond donors (Lipinski definition) is 0. The minimum Gasteiger partial charge on any atom is -0.469 e. The number of carbonyl (C=O) groups excluding carboxylic acids is 1. The van der Waals surface area contributed by atoms with E-state index in [0.717, 1.165) is 0 Å². The summed E-state index contributed by atoms with van der Waals surface area (Å²) in [6.45, 7) is 1.32. The zero-order valence-electron chi connectivity index (χ0n) is 11.6. The van der Waals surface area contributed by atoms with Gasteiger partial charge in [0.15, 0.2) is 0 Å². The molecule has 1 aromatic rings. The van der Waals surface area contributed by atoms with E-state index in [1.807, 2.05) is 0 Å². The van der Waals surface area contributed by atoms with Crippen LogP contribution in [0.4, 0.5) is 5.95 Å². The van der Waals surface area contributed by atoms with Gasteiger partial charge in [-0.25, -0.2) is 0 Å². The van der Waals surface area contributed by atoms with E-state index in [0.29, 0.717) is 25.6 Å². The number of hydrogen-bond acceptors (Lipinski definition) is 8. The number of anilines is 1. The highest BCUT2D eigenvalue weighted by Crippen LogP contribution is 2.15. The van der Waals surface area contributed by atoms with E-state index >= 15 is 0 Å². The summed E-state index contributed by atoms with van der Waals surface area (Å²) in [6.07, 6.45) is 0.200. The van der Waals surface area contributed by atoms with Gasteiger partial charge >= 0.3 is 12.0 Å². The van der Waals surface area contributed by atoms with Crippen molar-refractivity contribution in [1.29, 1.82) is 0 Å². The van der Waals surface area contributed by atoms with Crippen LogP contribution in [0.15, 0.2) is 0 Å². The molecule has 0 N–H and O–H groups in total. The lowest BCUT2D eigenvalue weighted by molar-refractivity contribution is -0.140. The maximum Gasteiger partial charge on any atom is 0.322 e. The number of methoxy groups -OCH3 is 3. The molecule has 112 valence electrons. The highest BCUT2D eigenvalue weighted by Gasteiger charge is 2.15. The van der Waals surface area contributed by atoms with Gasteiger partial charge in [-0.2, -0.15) is 15.0 Å². The van der Waals surface area contributed by atoms with Crippen LogP contribution in [0.3, 0.4) is 0 Å². The first-order valence-corrected chi connectivity index (χ1v) is 6.24. The molecule has 9 heteroatoms. The highest BCUT2D eigenvalue weighted by atomic mass is 35.5. The lowest BCUT2D eigenvalue weighted by Crippen LogP contribution is -2.31. The Kier molecular flexibility index (Phi) is 6.96. The van der Waals surface area contributed by atoms with Crippen LogP contribution in [-0.4, -0.2) is 61.9 Å². The van der Waals surface area contributed by atoms with Crippen LogP contribution in [-0.2, 0) is 14.3 Å². The summed E-state index contributed by atoms with van der Waals surface area (Å²) in [5.41, 5.74) is 0. The van der Waals surface area contributed by atoms with Crippen molar-refractivity contribution in [2.75, 3.05) is 45.9 Å². The van der Waals surface area contributed by atoms with Crippen molar-refractivity contribution in [3.63, 3.8) is 0 Å². The molecule has 1 aromatic heterocycles. The second kappa shape index (κ2) is 8.49. The molecule has 0 aliphatic carbocycles. The van der Waals surface area contributed by atoms with Gasteiger partial charge in [0.1, 0.15) is 0 Å². The van der Waals surface area contributed by atoms with Crippen LogP contribution in [0.1, 0.15) is 6.42 Å². The predicted octanol–water partition coefficient (Wildman–Crippen LogP) is 0.549. The molecule has 0 aromatic carbocycles. The van der Waals surface area contributed by atoms with Gasteiger partial charge in [0.2, 0.25) is 11.2 Å². The van der Waals surface area contributed by atoms with E-state index in [1.54, 1.807) is 12.0 Å². The summed E-state index contributed by atoms with van der Waals surface area (Å²) in [6, 6.07) is 0.112. The molecule has 0 aliphatic rings. The van der Waals surface area contributed by atoms with Crippen molar-refractivity contribution in [2.45, 2.75) is 6.42 Å². The Morgan fingerprint density at radius 3 is 2.55 bits per heavy atom. The molecule has 0 spiro atoms. The third kappa shape index (κ3) is 5.14. The average molecular weight is 305 g/mol. The average Bonchev–Trinajstić information content (AvgIpc) is 2.46. The van der Waals surface area contributed by atoms with Gasteiger partial charge < -0.3 is 19.1 Å². The first-order chi connectivity index (χ1) is 9.60. The van der Waals surface area contributed by atoms with Crippen LogP contribution in [0.5, 0.6) is 6.01 Å². The molecule has 0 amide bonds. The molecule has 8 nitrogen and oxygen atoms in total. The number of ether oxygens (including phenoxy) is 3. The van der Waals surface area contributed by atoms with Gasteiger partial charge in [0, 0.05) is 20.2 Å². The van der Waals surface area contributed by atoms with E-state index < -0.39 is 0 Å². The smallest absolute Gasteiger partial charge is 0.322 e. The van der Waals surface area contributed by atoms with E-state index in [2.05, 4.69) is 19.7 Å². The van der Waals surface area contributed by atoms with E-state index in [1.165, 1.54) is 14.2 Å². The molecular weight excluding hydrogens is 288 g/mol. The molecule has 0 atom stereocenters. The van der Waals surface area contributed by atoms with Crippen LogP contribution < -0.4 is 9.64 Å². The van der Waals surface area contributed by atoms with Gasteiger partial charge in [-0.3, -0.25) is 4.79 Å². The number of nitrogens with zero attached hydrogens (tertiary/aromatic N) is 4. The molecule has 0 aliphatic heterocycles. The van der Waals surface area contributed by atoms with Crippen molar-refractivity contribution < 1.29 is 19.0 Å². The van der Waals surface area contributed by atoms with Crippen molar-refractivity contribution in [3.05, 3.63) is 5.28 Å². The van der Waals surface area contributed by atoms with Crippen molar-refractivity contribution >= 4 is 23.5 Å². The standard InChI is InChI=1S/C11H17ClN4O4/c1-18-7-6-16(5-4-8(17)19-2)10-13-9(12)14-11(15-10)20-3/h4-7H2,1-3H3. The fourth-order valence-corrected chi connectivity index (χ4v) is 1.54. The molecule has 1 rings (SSSR count). The Hall–Kier alpha value is -1.67. The molecule has 0 saturated heterocycles. The van der Waals surface area contributed by atoms with E-state index in [9.17, 15) is 4.79 Å². The van der Waals surface area contributed by atoms with Gasteiger partial charge in [-0.1, -0.05) is 0 Å². The van der Waals surface area contributed by atoms with E-state index in [4.69, 9.17) is 21.1 Å². The van der Waals surface area contributed by atoms with Crippen molar-refractivity contribution in [2.24, 2.45) is 0 Å². The Labute approximate surface area is 122 Å². The first-order valence-electron chi connectivity index (χ1n) is 5.87. The summed E-state index contributed by atoms with van der Waals surface area (Å²) >= 11 is 5.81. The second-order valence-corrected chi connectivity index (χ2v) is 4.04. The minimum absolute atomic E-state index is 0.0207. The predicted molar refractivity (Wildman–Crippen MR) is 72.1 cm³/mol. The molecular formula is C11H17ClN4O4. The van der Waals surface area contributed by atoms with Crippen LogP contribution in [0, 0.1) is 0 Å². The summed E-state index contributed by atoms with van der Waals surface area (Å²) < 4.78 is 14.6. The van der Waals surface area contributed by atoms with Crippen LogP contribution in [0.2, 0.25) is 5.28 Å². The second-order valence-electron chi connectivity index (χ2n) is 3.70. The lowest BCUT2D eigenvalue weighted by atomic mass is 10.4. The lowest BCUT2D eigenvalue weighted by Gasteiger charge is -2.21. The maximum absolute atomic E-state index is 11.2. The third-order valence-corrected chi connectivity index (χ3v) is 2.59. The number of halogens is 1. The fourth-order valence-electron chi connectivity index (χ4n) is 1.40. The van der Waals surface area contributed by atoms with E-state index in [-0.39, 0.29) is 23.7 Å². The third-order valence-electron chi connectivity index (χ3n) is 2.42. The van der Waals surface area contributed by atoms with Gasteiger partial charge in [0.05, 0.1) is 27.2 Å². The fraction of sp³-hybridized carbons (Fsp3) is 0.636. The number of aromatic nitrogens is 3. The zero-order valence-corrected chi connectivity index (χ0v) is 12.4. The van der Waals surface area contributed by atoms with Gasteiger partial charge in [-0.15, -0.1) is 0 Å². The Morgan fingerprint density at radius 1 is 1.20 bits per heavy atom. The maximum atomic E-state index is 11.2. The number of esters is 1. The van der Waals surface area contributed by atoms with Crippen molar-refractivity contribution in [3.8, 4) is 6.01 Å². The summed E-state index contributed by atoms with van der Waals surface area (Å²) in [5, 5.41) is 0.0207. The molecule has 0 unspecified atom stereocenters. The largest absolute Gasteiger partial charge is 0.469 e.